The summed E-state index contributed by atoms with van der Waals surface area (Å²) in [5, 5.41) is 8.08. The number of nitrogens with zero attached hydrogens (tertiary/aromatic N) is 4. The summed E-state index contributed by atoms with van der Waals surface area (Å²) < 4.78 is 39.0. The Kier molecular flexibility index (Phi) is 3.55. The first kappa shape index (κ1) is 14.8. The maximum Gasteiger partial charge on any atom is 0.434 e. The lowest BCUT2D eigenvalue weighted by molar-refractivity contribution is -0.140. The zero-order valence-corrected chi connectivity index (χ0v) is 12.3. The molecule has 1 aliphatic heterocycles. The molecule has 0 bridgehead atoms. The lowest BCUT2D eigenvalue weighted by Gasteiger charge is -2.39. The molecule has 118 valence electrons. The molecule has 6 nitrogen and oxygen atoms in total. The molecule has 10 heteroatoms. The Hall–Kier alpha value is -2.10. The van der Waals surface area contributed by atoms with Crippen LogP contribution in [-0.4, -0.2) is 39.8 Å². The van der Waals surface area contributed by atoms with E-state index in [0.29, 0.717) is 23.9 Å². The molecular weight excluding hydrogens is 319 g/mol. The number of aryl methyl sites for hydroxylation is 1. The summed E-state index contributed by atoms with van der Waals surface area (Å²) in [6.45, 7) is 0.868. The van der Waals surface area contributed by atoms with Gasteiger partial charge in [0.2, 0.25) is 0 Å². The first-order valence-electron chi connectivity index (χ1n) is 6.41. The first-order valence-corrected chi connectivity index (χ1v) is 7.29. The molecule has 0 unspecified atom stereocenters. The number of rotatable bonds is 3. The molecule has 1 fully saturated rings. The van der Waals surface area contributed by atoms with Crippen molar-refractivity contribution in [3.8, 4) is 0 Å². The van der Waals surface area contributed by atoms with Crippen LogP contribution in [0.1, 0.15) is 16.2 Å². The van der Waals surface area contributed by atoms with Crippen molar-refractivity contribution in [2.45, 2.75) is 12.2 Å². The number of amides is 1. The standard InChI is InChI=1S/C12H12F3N5OS/c1-19-3-2-8(18-19)10(21)16-7-4-20(5-7)11-17-9(6-22-11)12(13,14)15/h2-3,6-7H,4-5H2,1H3,(H,16,21). The molecule has 22 heavy (non-hydrogen) atoms. The summed E-state index contributed by atoms with van der Waals surface area (Å²) >= 11 is 0.947. The van der Waals surface area contributed by atoms with Gasteiger partial charge >= 0.3 is 6.18 Å². The number of carbonyl (C=O) groups excluding carboxylic acids is 1. The van der Waals surface area contributed by atoms with Crippen molar-refractivity contribution in [3.05, 3.63) is 29.0 Å². The van der Waals surface area contributed by atoms with E-state index >= 15 is 0 Å². The first-order chi connectivity index (χ1) is 10.3. The predicted octanol–water partition coefficient (Wildman–Crippen LogP) is 1.51. The average molecular weight is 331 g/mol. The number of hydrogen-bond donors (Lipinski definition) is 1. The highest BCUT2D eigenvalue weighted by Gasteiger charge is 2.36. The van der Waals surface area contributed by atoms with Gasteiger partial charge in [0.05, 0.1) is 6.04 Å². The summed E-state index contributed by atoms with van der Waals surface area (Å²) in [5.41, 5.74) is -0.567. The molecule has 1 N–H and O–H groups in total. The Labute approximate surface area is 127 Å². The third-order valence-corrected chi connectivity index (χ3v) is 4.12. The third-order valence-electron chi connectivity index (χ3n) is 3.22. The number of hydrogen-bond acceptors (Lipinski definition) is 5. The second kappa shape index (κ2) is 5.27. The van der Waals surface area contributed by atoms with E-state index in [4.69, 9.17) is 0 Å². The second-order valence-corrected chi connectivity index (χ2v) is 5.80. The van der Waals surface area contributed by atoms with Gasteiger partial charge in [-0.1, -0.05) is 0 Å². The number of carbonyl (C=O) groups is 1. The Morgan fingerprint density at radius 3 is 2.73 bits per heavy atom. The highest BCUT2D eigenvalue weighted by molar-refractivity contribution is 7.13. The van der Waals surface area contributed by atoms with Crippen molar-refractivity contribution in [1.29, 1.82) is 0 Å². The van der Waals surface area contributed by atoms with Crippen molar-refractivity contribution in [2.24, 2.45) is 7.05 Å². The number of halogens is 3. The van der Waals surface area contributed by atoms with E-state index in [1.807, 2.05) is 0 Å². The fraction of sp³-hybridized carbons (Fsp3) is 0.417. The van der Waals surface area contributed by atoms with Crippen molar-refractivity contribution >= 4 is 22.4 Å². The SMILES string of the molecule is Cn1ccc(C(=O)NC2CN(c3nc(C(F)(F)F)cs3)C2)n1. The van der Waals surface area contributed by atoms with E-state index in [9.17, 15) is 18.0 Å². The van der Waals surface area contributed by atoms with E-state index in [1.54, 1.807) is 24.2 Å². The van der Waals surface area contributed by atoms with Crippen LogP contribution in [0.5, 0.6) is 0 Å². The second-order valence-electron chi connectivity index (χ2n) is 4.96. The van der Waals surface area contributed by atoms with Crippen LogP contribution in [0.25, 0.3) is 0 Å². The van der Waals surface area contributed by atoms with Crippen LogP contribution >= 0.6 is 11.3 Å². The van der Waals surface area contributed by atoms with Crippen molar-refractivity contribution < 1.29 is 18.0 Å². The molecule has 0 aliphatic carbocycles. The minimum Gasteiger partial charge on any atom is -0.344 e. The number of aromatic nitrogens is 3. The van der Waals surface area contributed by atoms with E-state index in [0.717, 1.165) is 16.7 Å². The molecule has 3 rings (SSSR count). The molecule has 2 aromatic rings. The summed E-state index contributed by atoms with van der Waals surface area (Å²) in [5.74, 6) is -0.291. The maximum absolute atomic E-state index is 12.5. The Bertz CT molecular complexity index is 689. The molecule has 0 radical (unpaired) electrons. The summed E-state index contributed by atoms with van der Waals surface area (Å²) in [4.78, 5) is 17.1. The van der Waals surface area contributed by atoms with Gasteiger partial charge in [-0.3, -0.25) is 9.48 Å². The minimum atomic E-state index is -4.42. The topological polar surface area (TPSA) is 63.1 Å². The van der Waals surface area contributed by atoms with Crippen LogP contribution < -0.4 is 10.2 Å². The van der Waals surface area contributed by atoms with Crippen LogP contribution in [0.2, 0.25) is 0 Å². The Morgan fingerprint density at radius 2 is 2.18 bits per heavy atom. The van der Waals surface area contributed by atoms with Crippen LogP contribution in [0, 0.1) is 0 Å². The van der Waals surface area contributed by atoms with Crippen LogP contribution in [0.4, 0.5) is 18.3 Å². The average Bonchev–Trinajstić information content (AvgIpc) is 3.00. The van der Waals surface area contributed by atoms with E-state index in [2.05, 4.69) is 15.4 Å². The molecular formula is C12H12F3N5OS. The molecule has 0 atom stereocenters. The van der Waals surface area contributed by atoms with Gasteiger partial charge in [-0.25, -0.2) is 4.98 Å². The Balaban J connectivity index is 1.54. The molecule has 1 amide bonds. The van der Waals surface area contributed by atoms with Crippen LogP contribution in [0.15, 0.2) is 17.6 Å². The number of thiazole rings is 1. The summed E-state index contributed by atoms with van der Waals surface area (Å²) in [7, 11) is 1.71. The summed E-state index contributed by atoms with van der Waals surface area (Å²) in [6, 6.07) is 1.48. The number of alkyl halides is 3. The van der Waals surface area contributed by atoms with Crippen LogP contribution in [-0.2, 0) is 13.2 Å². The number of anilines is 1. The van der Waals surface area contributed by atoms with Gasteiger partial charge in [0, 0.05) is 31.7 Å². The molecule has 3 heterocycles. The smallest absolute Gasteiger partial charge is 0.344 e. The largest absolute Gasteiger partial charge is 0.434 e. The van der Waals surface area contributed by atoms with E-state index in [-0.39, 0.29) is 11.9 Å². The molecule has 2 aromatic heterocycles. The number of nitrogens with one attached hydrogen (secondary N) is 1. The highest BCUT2D eigenvalue weighted by Crippen LogP contribution is 2.34. The van der Waals surface area contributed by atoms with Crippen molar-refractivity contribution in [2.75, 3.05) is 18.0 Å². The minimum absolute atomic E-state index is 0.118. The van der Waals surface area contributed by atoms with Gasteiger partial charge < -0.3 is 10.2 Å². The molecule has 1 saturated heterocycles. The lowest BCUT2D eigenvalue weighted by atomic mass is 10.1. The van der Waals surface area contributed by atoms with E-state index in [1.165, 1.54) is 4.68 Å². The van der Waals surface area contributed by atoms with Gasteiger partial charge in [-0.2, -0.15) is 18.3 Å². The summed E-state index contributed by atoms with van der Waals surface area (Å²) in [6.07, 6.45) is -2.76. The normalized spacial score (nSPS) is 15.7. The van der Waals surface area contributed by atoms with Gasteiger partial charge in [0.15, 0.2) is 10.8 Å². The lowest BCUT2D eigenvalue weighted by Crippen LogP contribution is -2.59. The predicted molar refractivity (Wildman–Crippen MR) is 73.8 cm³/mol. The zero-order valence-electron chi connectivity index (χ0n) is 11.5. The molecule has 0 spiro atoms. The zero-order chi connectivity index (χ0) is 15.9. The monoisotopic (exact) mass is 331 g/mol. The fourth-order valence-corrected chi connectivity index (χ4v) is 2.91. The van der Waals surface area contributed by atoms with Crippen molar-refractivity contribution in [3.63, 3.8) is 0 Å². The van der Waals surface area contributed by atoms with Gasteiger partial charge in [-0.05, 0) is 6.07 Å². The Morgan fingerprint density at radius 1 is 1.45 bits per heavy atom. The van der Waals surface area contributed by atoms with Gasteiger partial charge in [0.25, 0.3) is 5.91 Å². The molecule has 1 aliphatic rings. The third kappa shape index (κ3) is 2.91. The molecule has 0 aromatic carbocycles. The molecule has 0 saturated carbocycles. The van der Waals surface area contributed by atoms with Gasteiger partial charge in [-0.15, -0.1) is 11.3 Å². The fourth-order valence-electron chi connectivity index (χ4n) is 2.06. The van der Waals surface area contributed by atoms with E-state index < -0.39 is 11.9 Å². The maximum atomic E-state index is 12.5. The van der Waals surface area contributed by atoms with Crippen molar-refractivity contribution in [1.82, 2.24) is 20.1 Å². The highest BCUT2D eigenvalue weighted by atomic mass is 32.1. The van der Waals surface area contributed by atoms with Gasteiger partial charge in [0.1, 0.15) is 5.69 Å². The quantitative estimate of drug-likeness (QED) is 0.926. The van der Waals surface area contributed by atoms with Crippen LogP contribution in [0.3, 0.4) is 0 Å².